The molecule has 0 spiro atoms. The van der Waals surface area contributed by atoms with Crippen LogP contribution in [-0.4, -0.2) is 15.4 Å². The van der Waals surface area contributed by atoms with Crippen molar-refractivity contribution in [1.82, 2.24) is 15.4 Å². The van der Waals surface area contributed by atoms with E-state index in [-0.39, 0.29) is 0 Å². The van der Waals surface area contributed by atoms with Crippen molar-refractivity contribution in [2.75, 3.05) is 5.32 Å². The van der Waals surface area contributed by atoms with Gasteiger partial charge in [-0.3, -0.25) is 0 Å². The number of fused-ring (bicyclic) bond motifs is 1. The van der Waals surface area contributed by atoms with Crippen LogP contribution in [0.5, 0.6) is 0 Å². The van der Waals surface area contributed by atoms with Crippen molar-refractivity contribution < 1.29 is 4.42 Å². The van der Waals surface area contributed by atoms with E-state index < -0.39 is 0 Å². The zero-order valence-electron chi connectivity index (χ0n) is 8.29. The van der Waals surface area contributed by atoms with Gasteiger partial charge < -0.3 is 9.73 Å². The average molecular weight is 212 g/mol. The van der Waals surface area contributed by atoms with Gasteiger partial charge in [0.1, 0.15) is 5.58 Å². The molecule has 2 heterocycles. The highest BCUT2D eigenvalue weighted by molar-refractivity contribution is 5.81. The lowest BCUT2D eigenvalue weighted by Gasteiger charge is -1.97. The molecule has 0 aliphatic heterocycles. The average Bonchev–Trinajstić information content (AvgIpc) is 2.72. The first-order valence-electron chi connectivity index (χ1n) is 4.82. The van der Waals surface area contributed by atoms with Crippen LogP contribution in [0.1, 0.15) is 0 Å². The highest BCUT2D eigenvalue weighted by atomic mass is 16.3. The monoisotopic (exact) mass is 212 g/mol. The van der Waals surface area contributed by atoms with Gasteiger partial charge in [-0.15, -0.1) is 10.2 Å². The van der Waals surface area contributed by atoms with Crippen LogP contribution in [0.25, 0.3) is 11.0 Å². The van der Waals surface area contributed by atoms with Crippen LogP contribution in [0.4, 0.5) is 11.7 Å². The normalized spacial score (nSPS) is 10.5. The van der Waals surface area contributed by atoms with E-state index in [4.69, 9.17) is 4.42 Å². The second-order valence-corrected chi connectivity index (χ2v) is 3.28. The molecule has 0 amide bonds. The molecule has 0 saturated heterocycles. The highest BCUT2D eigenvalue weighted by Gasteiger charge is 2.03. The van der Waals surface area contributed by atoms with Gasteiger partial charge in [0.2, 0.25) is 0 Å². The minimum Gasteiger partial charge on any atom is -0.440 e. The van der Waals surface area contributed by atoms with E-state index >= 15 is 0 Å². The second kappa shape index (κ2) is 3.62. The molecule has 0 aliphatic carbocycles. The Bertz CT molecular complexity index is 572. The number of nitrogens with zero attached hydrogens (tertiary/aromatic N) is 3. The maximum absolute atomic E-state index is 5.57. The van der Waals surface area contributed by atoms with E-state index in [0.29, 0.717) is 11.7 Å². The third kappa shape index (κ3) is 1.58. The molecular formula is C11H8N4O. The molecule has 0 atom stereocenters. The van der Waals surface area contributed by atoms with Crippen LogP contribution in [0.15, 0.2) is 47.0 Å². The van der Waals surface area contributed by atoms with Gasteiger partial charge in [0.25, 0.3) is 0 Å². The number of hydrogen-bond donors (Lipinski definition) is 1. The SMILES string of the molecule is c1ccc2oc(Nc3ccnnn3)cc2c1. The molecule has 3 rings (SSSR count). The standard InChI is InChI=1S/C11H8N4O/c1-2-4-9-8(3-1)7-11(16-9)13-10-5-6-12-15-14-10/h1-7H,(H,12,13,14). The van der Waals surface area contributed by atoms with E-state index in [1.54, 1.807) is 12.3 Å². The fourth-order valence-corrected chi connectivity index (χ4v) is 1.48. The number of hydrogen-bond acceptors (Lipinski definition) is 5. The maximum Gasteiger partial charge on any atom is 0.199 e. The van der Waals surface area contributed by atoms with Crippen LogP contribution in [-0.2, 0) is 0 Å². The smallest absolute Gasteiger partial charge is 0.199 e. The Kier molecular flexibility index (Phi) is 2.00. The number of aromatic nitrogens is 3. The zero-order valence-corrected chi connectivity index (χ0v) is 8.29. The molecule has 5 nitrogen and oxygen atoms in total. The van der Waals surface area contributed by atoms with Crippen molar-refractivity contribution in [3.05, 3.63) is 42.6 Å². The highest BCUT2D eigenvalue weighted by Crippen LogP contribution is 2.24. The van der Waals surface area contributed by atoms with Gasteiger partial charge in [-0.2, -0.15) is 0 Å². The molecule has 2 aromatic heterocycles. The quantitative estimate of drug-likeness (QED) is 0.706. The summed E-state index contributed by atoms with van der Waals surface area (Å²) in [6.45, 7) is 0. The molecule has 0 bridgehead atoms. The largest absolute Gasteiger partial charge is 0.440 e. The Hall–Kier alpha value is -2.43. The van der Waals surface area contributed by atoms with Gasteiger partial charge in [0, 0.05) is 17.5 Å². The molecule has 78 valence electrons. The molecule has 0 fully saturated rings. The van der Waals surface area contributed by atoms with Gasteiger partial charge in [0.15, 0.2) is 11.7 Å². The minimum absolute atomic E-state index is 0.606. The van der Waals surface area contributed by atoms with E-state index in [1.165, 1.54) is 0 Å². The topological polar surface area (TPSA) is 63.8 Å². The van der Waals surface area contributed by atoms with Crippen molar-refractivity contribution in [2.24, 2.45) is 0 Å². The summed E-state index contributed by atoms with van der Waals surface area (Å²) in [5.41, 5.74) is 0.840. The predicted molar refractivity (Wildman–Crippen MR) is 59.3 cm³/mol. The van der Waals surface area contributed by atoms with Crippen molar-refractivity contribution in [1.29, 1.82) is 0 Å². The Morgan fingerprint density at radius 2 is 2.06 bits per heavy atom. The summed E-state index contributed by atoms with van der Waals surface area (Å²) < 4.78 is 5.57. The summed E-state index contributed by atoms with van der Waals surface area (Å²) in [5.74, 6) is 1.25. The zero-order chi connectivity index (χ0) is 10.8. The van der Waals surface area contributed by atoms with Crippen molar-refractivity contribution in [2.45, 2.75) is 0 Å². The fourth-order valence-electron chi connectivity index (χ4n) is 1.48. The number of nitrogens with one attached hydrogen (secondary N) is 1. The fraction of sp³-hybridized carbons (Fsp3) is 0. The molecule has 3 aromatic rings. The summed E-state index contributed by atoms with van der Waals surface area (Å²) in [4.78, 5) is 0. The van der Waals surface area contributed by atoms with Crippen molar-refractivity contribution in [3.8, 4) is 0 Å². The third-order valence-electron chi connectivity index (χ3n) is 2.18. The van der Waals surface area contributed by atoms with Crippen LogP contribution < -0.4 is 5.32 Å². The number of furan rings is 1. The number of anilines is 2. The van der Waals surface area contributed by atoms with E-state index in [1.807, 2.05) is 30.3 Å². The molecule has 0 unspecified atom stereocenters. The van der Waals surface area contributed by atoms with E-state index in [2.05, 4.69) is 20.7 Å². The van der Waals surface area contributed by atoms with Gasteiger partial charge in [-0.1, -0.05) is 18.2 Å². The van der Waals surface area contributed by atoms with Crippen LogP contribution in [0.3, 0.4) is 0 Å². The van der Waals surface area contributed by atoms with Gasteiger partial charge >= 0.3 is 0 Å². The Balaban J connectivity index is 1.95. The van der Waals surface area contributed by atoms with Gasteiger partial charge in [-0.05, 0) is 11.3 Å². The summed E-state index contributed by atoms with van der Waals surface area (Å²) >= 11 is 0. The molecule has 1 aromatic carbocycles. The molecular weight excluding hydrogens is 204 g/mol. The second-order valence-electron chi connectivity index (χ2n) is 3.28. The summed E-state index contributed by atoms with van der Waals surface area (Å²) in [6, 6.07) is 11.4. The number of benzene rings is 1. The lowest BCUT2D eigenvalue weighted by Crippen LogP contribution is -1.94. The number of rotatable bonds is 2. The third-order valence-corrected chi connectivity index (χ3v) is 2.18. The Labute approximate surface area is 91.1 Å². The number of para-hydroxylation sites is 1. The van der Waals surface area contributed by atoms with Crippen molar-refractivity contribution in [3.63, 3.8) is 0 Å². The van der Waals surface area contributed by atoms with E-state index in [9.17, 15) is 0 Å². The summed E-state index contributed by atoms with van der Waals surface area (Å²) in [5, 5.41) is 15.0. The lowest BCUT2D eigenvalue weighted by atomic mass is 10.3. The Morgan fingerprint density at radius 1 is 1.12 bits per heavy atom. The Morgan fingerprint density at radius 3 is 2.88 bits per heavy atom. The first-order valence-corrected chi connectivity index (χ1v) is 4.82. The van der Waals surface area contributed by atoms with Gasteiger partial charge in [-0.25, -0.2) is 0 Å². The molecule has 1 N–H and O–H groups in total. The molecule has 0 aliphatic rings. The van der Waals surface area contributed by atoms with Crippen LogP contribution in [0.2, 0.25) is 0 Å². The first kappa shape index (κ1) is 8.84. The summed E-state index contributed by atoms with van der Waals surface area (Å²) in [7, 11) is 0. The van der Waals surface area contributed by atoms with E-state index in [0.717, 1.165) is 11.0 Å². The van der Waals surface area contributed by atoms with Crippen LogP contribution >= 0.6 is 0 Å². The maximum atomic E-state index is 5.57. The predicted octanol–water partition coefficient (Wildman–Crippen LogP) is 2.36. The van der Waals surface area contributed by atoms with Gasteiger partial charge in [0.05, 0.1) is 6.20 Å². The molecule has 0 saturated carbocycles. The summed E-state index contributed by atoms with van der Waals surface area (Å²) in [6.07, 6.45) is 1.57. The molecule has 5 heteroatoms. The molecule has 16 heavy (non-hydrogen) atoms. The first-order chi connectivity index (χ1) is 7.92. The minimum atomic E-state index is 0.606. The molecule has 0 radical (unpaired) electrons. The lowest BCUT2D eigenvalue weighted by molar-refractivity contribution is 0.633. The van der Waals surface area contributed by atoms with Crippen LogP contribution in [0, 0.1) is 0 Å². The van der Waals surface area contributed by atoms with Crippen molar-refractivity contribution >= 4 is 22.7 Å².